The molecule has 0 radical (unpaired) electrons. The lowest BCUT2D eigenvalue weighted by Crippen LogP contribution is -2.02. The zero-order chi connectivity index (χ0) is 14.7. The Balaban J connectivity index is 2.18. The zero-order valence-electron chi connectivity index (χ0n) is 11.8. The zero-order valence-corrected chi connectivity index (χ0v) is 11.8. The lowest BCUT2D eigenvalue weighted by atomic mass is 9.83. The molecule has 3 rings (SSSR count). The molecule has 0 N–H and O–H groups in total. The van der Waals surface area contributed by atoms with Crippen LogP contribution in [0.15, 0.2) is 54.6 Å². The Labute approximate surface area is 124 Å². The quantitative estimate of drug-likeness (QED) is 0.581. The predicted octanol–water partition coefficient (Wildman–Crippen LogP) is 5.08. The molecule has 1 aliphatic rings. The van der Waals surface area contributed by atoms with Crippen molar-refractivity contribution >= 4 is 16.8 Å². The second-order valence-corrected chi connectivity index (χ2v) is 5.30. The van der Waals surface area contributed by atoms with E-state index in [0.29, 0.717) is 0 Å². The number of allylic oxidation sites excluding steroid dienone is 2. The van der Waals surface area contributed by atoms with Crippen molar-refractivity contribution in [3.63, 3.8) is 0 Å². The van der Waals surface area contributed by atoms with Crippen LogP contribution in [0.5, 0.6) is 0 Å². The van der Waals surface area contributed by atoms with Gasteiger partial charge in [0.1, 0.15) is 0 Å². The van der Waals surface area contributed by atoms with Crippen LogP contribution in [-0.4, -0.2) is 4.92 Å². The molecular formula is C18H17NO2. The molecule has 0 aliphatic heterocycles. The van der Waals surface area contributed by atoms with Crippen molar-refractivity contribution in [2.45, 2.75) is 25.7 Å². The second kappa shape index (κ2) is 5.92. The molecule has 1 aliphatic carbocycles. The molecule has 0 aromatic heterocycles. The largest absolute Gasteiger partial charge is 0.276 e. The van der Waals surface area contributed by atoms with Crippen molar-refractivity contribution in [2.75, 3.05) is 0 Å². The maximum absolute atomic E-state index is 11.3. The van der Waals surface area contributed by atoms with E-state index in [4.69, 9.17) is 0 Å². The Morgan fingerprint density at radius 2 is 1.43 bits per heavy atom. The number of nitro benzene ring substituents is 1. The van der Waals surface area contributed by atoms with Gasteiger partial charge in [-0.05, 0) is 48.5 Å². The maximum Gasteiger partial charge on any atom is 0.276 e. The Kier molecular flexibility index (Phi) is 3.82. The summed E-state index contributed by atoms with van der Waals surface area (Å²) >= 11 is 0. The van der Waals surface area contributed by atoms with E-state index < -0.39 is 0 Å². The highest BCUT2D eigenvalue weighted by Gasteiger charge is 2.22. The van der Waals surface area contributed by atoms with E-state index in [0.717, 1.165) is 36.8 Å². The monoisotopic (exact) mass is 279 g/mol. The molecule has 0 saturated carbocycles. The van der Waals surface area contributed by atoms with Crippen LogP contribution in [0.1, 0.15) is 36.8 Å². The van der Waals surface area contributed by atoms with Crippen LogP contribution < -0.4 is 0 Å². The van der Waals surface area contributed by atoms with Gasteiger partial charge in [0.05, 0.1) is 10.5 Å². The maximum atomic E-state index is 11.3. The fourth-order valence-electron chi connectivity index (χ4n) is 3.05. The van der Waals surface area contributed by atoms with Crippen molar-refractivity contribution in [1.29, 1.82) is 0 Å². The minimum atomic E-state index is -0.278. The van der Waals surface area contributed by atoms with Crippen LogP contribution in [0.25, 0.3) is 11.1 Å². The molecule has 0 fully saturated rings. The molecule has 0 amide bonds. The molecule has 0 bridgehead atoms. The number of nitro groups is 1. The second-order valence-electron chi connectivity index (χ2n) is 5.30. The third-order valence-corrected chi connectivity index (χ3v) is 4.02. The SMILES string of the molecule is O=[N+]([O-])c1ccccc1C1=C(c2ccccc2)CCCC1. The van der Waals surface area contributed by atoms with Gasteiger partial charge in [-0.2, -0.15) is 0 Å². The van der Waals surface area contributed by atoms with Crippen molar-refractivity contribution in [3.05, 3.63) is 75.8 Å². The van der Waals surface area contributed by atoms with E-state index in [1.165, 1.54) is 11.1 Å². The van der Waals surface area contributed by atoms with Crippen LogP contribution in [-0.2, 0) is 0 Å². The minimum absolute atomic E-state index is 0.211. The first-order valence-corrected chi connectivity index (χ1v) is 7.28. The summed E-state index contributed by atoms with van der Waals surface area (Å²) in [6, 6.07) is 17.3. The molecule has 2 aromatic carbocycles. The summed E-state index contributed by atoms with van der Waals surface area (Å²) in [6.07, 6.45) is 4.15. The average Bonchev–Trinajstić information content (AvgIpc) is 2.55. The van der Waals surface area contributed by atoms with Gasteiger partial charge in [-0.25, -0.2) is 0 Å². The van der Waals surface area contributed by atoms with Gasteiger partial charge in [0.15, 0.2) is 0 Å². The molecule has 3 nitrogen and oxygen atoms in total. The highest BCUT2D eigenvalue weighted by molar-refractivity contribution is 5.93. The normalized spacial score (nSPS) is 15.0. The van der Waals surface area contributed by atoms with E-state index in [-0.39, 0.29) is 10.6 Å². The smallest absolute Gasteiger partial charge is 0.258 e. The molecule has 3 heteroatoms. The van der Waals surface area contributed by atoms with Crippen LogP contribution in [0, 0.1) is 10.1 Å². The van der Waals surface area contributed by atoms with Gasteiger partial charge in [0, 0.05) is 6.07 Å². The third kappa shape index (κ3) is 2.72. The summed E-state index contributed by atoms with van der Waals surface area (Å²) in [7, 11) is 0. The van der Waals surface area contributed by atoms with Gasteiger partial charge in [-0.3, -0.25) is 10.1 Å². The number of hydrogen-bond donors (Lipinski definition) is 0. The molecule has 0 heterocycles. The molecule has 21 heavy (non-hydrogen) atoms. The van der Waals surface area contributed by atoms with Gasteiger partial charge in [0.25, 0.3) is 5.69 Å². The van der Waals surface area contributed by atoms with Gasteiger partial charge in [0.2, 0.25) is 0 Å². The number of para-hydroxylation sites is 1. The summed E-state index contributed by atoms with van der Waals surface area (Å²) < 4.78 is 0. The van der Waals surface area contributed by atoms with Gasteiger partial charge < -0.3 is 0 Å². The third-order valence-electron chi connectivity index (χ3n) is 4.02. The summed E-state index contributed by atoms with van der Waals surface area (Å²) in [4.78, 5) is 11.0. The van der Waals surface area contributed by atoms with Crippen molar-refractivity contribution < 1.29 is 4.92 Å². The first kappa shape index (κ1) is 13.6. The Hall–Kier alpha value is -2.42. The van der Waals surface area contributed by atoms with E-state index >= 15 is 0 Å². The molecule has 0 unspecified atom stereocenters. The molecule has 0 spiro atoms. The highest BCUT2D eigenvalue weighted by atomic mass is 16.6. The summed E-state index contributed by atoms with van der Waals surface area (Å²) in [6.45, 7) is 0. The number of hydrogen-bond acceptors (Lipinski definition) is 2. The topological polar surface area (TPSA) is 43.1 Å². The molecular weight excluding hydrogens is 262 g/mol. The molecule has 0 saturated heterocycles. The van der Waals surface area contributed by atoms with E-state index in [1.807, 2.05) is 30.3 Å². The number of nitrogens with zero attached hydrogens (tertiary/aromatic N) is 1. The fourth-order valence-corrected chi connectivity index (χ4v) is 3.05. The number of rotatable bonds is 3. The summed E-state index contributed by atoms with van der Waals surface area (Å²) in [5, 5.41) is 11.3. The van der Waals surface area contributed by atoms with Crippen molar-refractivity contribution in [2.24, 2.45) is 0 Å². The van der Waals surface area contributed by atoms with Gasteiger partial charge in [-0.15, -0.1) is 0 Å². The minimum Gasteiger partial charge on any atom is -0.258 e. The number of benzene rings is 2. The van der Waals surface area contributed by atoms with E-state index in [2.05, 4.69) is 12.1 Å². The van der Waals surface area contributed by atoms with Gasteiger partial charge in [-0.1, -0.05) is 42.5 Å². The molecule has 2 aromatic rings. The lowest BCUT2D eigenvalue weighted by molar-refractivity contribution is -0.385. The van der Waals surface area contributed by atoms with E-state index in [1.54, 1.807) is 12.1 Å². The van der Waals surface area contributed by atoms with Crippen LogP contribution >= 0.6 is 0 Å². The van der Waals surface area contributed by atoms with Crippen molar-refractivity contribution in [1.82, 2.24) is 0 Å². The summed E-state index contributed by atoms with van der Waals surface area (Å²) in [5.74, 6) is 0. The van der Waals surface area contributed by atoms with Crippen LogP contribution in [0.3, 0.4) is 0 Å². The Morgan fingerprint density at radius 3 is 2.14 bits per heavy atom. The molecule has 106 valence electrons. The first-order chi connectivity index (χ1) is 10.3. The van der Waals surface area contributed by atoms with Crippen LogP contribution in [0.4, 0.5) is 5.69 Å². The standard InChI is InChI=1S/C18H17NO2/c20-19(21)18-13-7-6-12-17(18)16-11-5-4-10-15(16)14-8-2-1-3-9-14/h1-3,6-9,12-13H,4-5,10-11H2. The van der Waals surface area contributed by atoms with Gasteiger partial charge >= 0.3 is 0 Å². The van der Waals surface area contributed by atoms with Crippen molar-refractivity contribution in [3.8, 4) is 0 Å². The summed E-state index contributed by atoms with van der Waals surface area (Å²) in [5.41, 5.74) is 4.57. The van der Waals surface area contributed by atoms with Crippen LogP contribution in [0.2, 0.25) is 0 Å². The predicted molar refractivity (Wildman–Crippen MR) is 84.8 cm³/mol. The van der Waals surface area contributed by atoms with E-state index in [9.17, 15) is 10.1 Å². The average molecular weight is 279 g/mol. The lowest BCUT2D eigenvalue weighted by Gasteiger charge is -2.21. The Morgan fingerprint density at radius 1 is 0.810 bits per heavy atom. The fraction of sp³-hybridized carbons (Fsp3) is 0.222. The Bertz CT molecular complexity index is 689. The molecule has 0 atom stereocenters. The first-order valence-electron chi connectivity index (χ1n) is 7.28. The highest BCUT2D eigenvalue weighted by Crippen LogP contribution is 2.40.